The van der Waals surface area contributed by atoms with Crippen molar-refractivity contribution in [1.29, 1.82) is 0 Å². The molecule has 1 aromatic carbocycles. The fourth-order valence-electron chi connectivity index (χ4n) is 3.45. The molecule has 0 bridgehead atoms. The Morgan fingerprint density at radius 3 is 2.72 bits per heavy atom. The molecule has 1 N–H and O–H groups in total. The number of likely N-dealkylation sites (N-methyl/N-ethyl adjacent to an activating group) is 1. The molecule has 1 aromatic rings. The van der Waals surface area contributed by atoms with Gasteiger partial charge in [0.2, 0.25) is 11.8 Å². The van der Waals surface area contributed by atoms with Gasteiger partial charge in [0.15, 0.2) is 0 Å². The van der Waals surface area contributed by atoms with Crippen LogP contribution in [0.3, 0.4) is 0 Å². The summed E-state index contributed by atoms with van der Waals surface area (Å²) in [5.41, 5.74) is 3.07. The molecule has 138 valence electrons. The van der Waals surface area contributed by atoms with Crippen LogP contribution in [-0.2, 0) is 9.59 Å². The number of amides is 2. The third-order valence-corrected chi connectivity index (χ3v) is 5.12. The van der Waals surface area contributed by atoms with Crippen molar-refractivity contribution in [2.45, 2.75) is 52.5 Å². The topological polar surface area (TPSA) is 52.7 Å². The van der Waals surface area contributed by atoms with Gasteiger partial charge in [-0.3, -0.25) is 14.5 Å². The first-order valence-electron chi connectivity index (χ1n) is 9.26. The zero-order valence-corrected chi connectivity index (χ0v) is 16.0. The van der Waals surface area contributed by atoms with E-state index in [0.29, 0.717) is 6.04 Å². The van der Waals surface area contributed by atoms with Crippen LogP contribution < -0.4 is 5.32 Å². The molecule has 0 aliphatic carbocycles. The summed E-state index contributed by atoms with van der Waals surface area (Å²) in [6.07, 6.45) is 4.39. The van der Waals surface area contributed by atoms with Crippen molar-refractivity contribution >= 4 is 17.5 Å². The average molecular weight is 345 g/mol. The van der Waals surface area contributed by atoms with Crippen LogP contribution in [0, 0.1) is 13.8 Å². The Kier molecular flexibility index (Phi) is 7.00. The predicted molar refractivity (Wildman–Crippen MR) is 102 cm³/mol. The maximum Gasteiger partial charge on any atom is 0.238 e. The van der Waals surface area contributed by atoms with Crippen LogP contribution in [0.15, 0.2) is 18.2 Å². The summed E-state index contributed by atoms with van der Waals surface area (Å²) in [5.74, 6) is 0.0447. The molecular formula is C20H31N3O2. The minimum absolute atomic E-state index is 0.0883. The van der Waals surface area contributed by atoms with E-state index in [1.54, 1.807) is 4.90 Å². The average Bonchev–Trinajstić information content (AvgIpc) is 2.58. The number of carbonyl (C=O) groups is 2. The highest BCUT2D eigenvalue weighted by molar-refractivity contribution is 5.93. The van der Waals surface area contributed by atoms with E-state index in [9.17, 15) is 9.59 Å². The number of nitrogens with zero attached hydrogens (tertiary/aromatic N) is 2. The molecule has 0 radical (unpaired) electrons. The Balaban J connectivity index is 1.86. The van der Waals surface area contributed by atoms with Gasteiger partial charge in [-0.1, -0.05) is 19.1 Å². The third-order valence-electron chi connectivity index (χ3n) is 5.12. The van der Waals surface area contributed by atoms with E-state index in [-0.39, 0.29) is 24.9 Å². The van der Waals surface area contributed by atoms with Crippen molar-refractivity contribution in [1.82, 2.24) is 9.80 Å². The lowest BCUT2D eigenvalue weighted by molar-refractivity contribution is -0.136. The molecule has 2 rings (SSSR count). The smallest absolute Gasteiger partial charge is 0.238 e. The molecule has 0 spiro atoms. The second-order valence-corrected chi connectivity index (χ2v) is 7.11. The van der Waals surface area contributed by atoms with E-state index in [2.05, 4.69) is 12.2 Å². The van der Waals surface area contributed by atoms with E-state index >= 15 is 0 Å². The van der Waals surface area contributed by atoms with Crippen LogP contribution in [0.1, 0.15) is 43.7 Å². The fraction of sp³-hybridized carbons (Fsp3) is 0.600. The highest BCUT2D eigenvalue weighted by Gasteiger charge is 2.26. The van der Waals surface area contributed by atoms with Crippen molar-refractivity contribution in [3.05, 3.63) is 29.3 Å². The van der Waals surface area contributed by atoms with Crippen LogP contribution in [-0.4, -0.2) is 54.3 Å². The van der Waals surface area contributed by atoms with Crippen LogP contribution >= 0.6 is 0 Å². The number of hydrogen-bond acceptors (Lipinski definition) is 3. The summed E-state index contributed by atoms with van der Waals surface area (Å²) >= 11 is 0. The van der Waals surface area contributed by atoms with Gasteiger partial charge in [-0.25, -0.2) is 0 Å². The van der Waals surface area contributed by atoms with E-state index < -0.39 is 0 Å². The maximum atomic E-state index is 12.6. The van der Waals surface area contributed by atoms with Crippen LogP contribution in [0.4, 0.5) is 5.69 Å². The molecule has 1 atom stereocenters. The first-order valence-corrected chi connectivity index (χ1v) is 9.26. The van der Waals surface area contributed by atoms with Crippen LogP contribution in [0.5, 0.6) is 0 Å². The van der Waals surface area contributed by atoms with Gasteiger partial charge in [0.05, 0.1) is 13.1 Å². The summed E-state index contributed by atoms with van der Waals surface area (Å²) in [4.78, 5) is 28.7. The van der Waals surface area contributed by atoms with Crippen molar-refractivity contribution in [2.24, 2.45) is 0 Å². The Labute approximate surface area is 151 Å². The predicted octanol–water partition coefficient (Wildman–Crippen LogP) is 2.96. The summed E-state index contributed by atoms with van der Waals surface area (Å²) in [5, 5.41) is 2.95. The lowest BCUT2D eigenvalue weighted by atomic mass is 10.00. The van der Waals surface area contributed by atoms with Gasteiger partial charge in [-0.05, 0) is 63.8 Å². The molecule has 1 heterocycles. The third kappa shape index (κ3) is 5.30. The number of aryl methyl sites for hydroxylation is 1. The first kappa shape index (κ1) is 19.4. The summed E-state index contributed by atoms with van der Waals surface area (Å²) in [7, 11) is 1.82. The number of benzene rings is 1. The van der Waals surface area contributed by atoms with Gasteiger partial charge in [-0.2, -0.15) is 0 Å². The number of anilines is 1. The SMILES string of the molecule is CC[C@H]1CCCCN1C(=O)CN(C)CC(=O)Nc1cccc(C)c1C. The van der Waals surface area contributed by atoms with Gasteiger partial charge in [-0.15, -0.1) is 0 Å². The molecule has 1 fully saturated rings. The molecule has 2 amide bonds. The van der Waals surface area contributed by atoms with E-state index in [1.807, 2.05) is 44.0 Å². The van der Waals surface area contributed by atoms with Crippen LogP contribution in [0.25, 0.3) is 0 Å². The highest BCUT2D eigenvalue weighted by atomic mass is 16.2. The zero-order chi connectivity index (χ0) is 18.4. The standard InChI is InChI=1S/C20H31N3O2/c1-5-17-10-6-7-12-23(17)20(25)14-22(4)13-19(24)21-18-11-8-9-15(2)16(18)3/h8-9,11,17H,5-7,10,12-14H2,1-4H3,(H,21,24)/t17-/m0/s1. The lowest BCUT2D eigenvalue weighted by Gasteiger charge is -2.36. The van der Waals surface area contributed by atoms with Crippen molar-refractivity contribution in [2.75, 3.05) is 32.0 Å². The summed E-state index contributed by atoms with van der Waals surface area (Å²) < 4.78 is 0. The van der Waals surface area contributed by atoms with Crippen LogP contribution in [0.2, 0.25) is 0 Å². The molecule has 5 nitrogen and oxygen atoms in total. The first-order chi connectivity index (χ1) is 11.9. The molecule has 1 aliphatic heterocycles. The molecule has 1 aliphatic rings. The largest absolute Gasteiger partial charge is 0.339 e. The van der Waals surface area contributed by atoms with Crippen molar-refractivity contribution in [3.8, 4) is 0 Å². The number of rotatable bonds is 6. The molecule has 5 heteroatoms. The lowest BCUT2D eigenvalue weighted by Crippen LogP contribution is -2.48. The molecular weight excluding hydrogens is 314 g/mol. The summed E-state index contributed by atoms with van der Waals surface area (Å²) in [6.45, 7) is 7.51. The Morgan fingerprint density at radius 2 is 2.00 bits per heavy atom. The number of carbonyl (C=O) groups excluding carboxylic acids is 2. The monoisotopic (exact) mass is 345 g/mol. The second kappa shape index (κ2) is 8.99. The Hall–Kier alpha value is -1.88. The Morgan fingerprint density at radius 1 is 1.24 bits per heavy atom. The summed E-state index contributed by atoms with van der Waals surface area (Å²) in [6, 6.07) is 6.23. The Bertz CT molecular complexity index is 615. The molecule has 0 aromatic heterocycles. The fourth-order valence-corrected chi connectivity index (χ4v) is 3.45. The van der Waals surface area contributed by atoms with E-state index in [0.717, 1.165) is 42.6 Å². The van der Waals surface area contributed by atoms with Crippen molar-refractivity contribution < 1.29 is 9.59 Å². The normalized spacial score (nSPS) is 17.6. The van der Waals surface area contributed by atoms with E-state index in [1.165, 1.54) is 6.42 Å². The highest BCUT2D eigenvalue weighted by Crippen LogP contribution is 2.20. The van der Waals surface area contributed by atoms with E-state index in [4.69, 9.17) is 0 Å². The van der Waals surface area contributed by atoms with Gasteiger partial charge in [0, 0.05) is 18.3 Å². The quantitative estimate of drug-likeness (QED) is 0.862. The number of likely N-dealkylation sites (tertiary alicyclic amines) is 1. The molecule has 0 saturated carbocycles. The molecule has 0 unspecified atom stereocenters. The van der Waals surface area contributed by atoms with Crippen molar-refractivity contribution in [3.63, 3.8) is 0 Å². The van der Waals surface area contributed by atoms with Gasteiger partial charge < -0.3 is 10.2 Å². The minimum Gasteiger partial charge on any atom is -0.339 e. The number of piperidine rings is 1. The molecule has 1 saturated heterocycles. The van der Waals surface area contributed by atoms with Gasteiger partial charge in [0.1, 0.15) is 0 Å². The zero-order valence-electron chi connectivity index (χ0n) is 16.0. The van der Waals surface area contributed by atoms with Gasteiger partial charge >= 0.3 is 0 Å². The maximum absolute atomic E-state index is 12.6. The number of nitrogens with one attached hydrogen (secondary N) is 1. The molecule has 25 heavy (non-hydrogen) atoms. The minimum atomic E-state index is -0.0883. The second-order valence-electron chi connectivity index (χ2n) is 7.11. The van der Waals surface area contributed by atoms with Gasteiger partial charge in [0.25, 0.3) is 0 Å². The number of hydrogen-bond donors (Lipinski definition) is 1.